The fraction of sp³-hybridized carbons (Fsp3) is 0.167. The highest BCUT2D eigenvalue weighted by Gasteiger charge is 2.18. The predicted octanol–water partition coefficient (Wildman–Crippen LogP) is 3.56. The van der Waals surface area contributed by atoms with E-state index in [0.717, 1.165) is 27.7 Å². The molecule has 0 fully saturated rings. The second-order valence-corrected chi connectivity index (χ2v) is 5.02. The molecule has 0 saturated heterocycles. The summed E-state index contributed by atoms with van der Waals surface area (Å²) in [5, 5.41) is 1.16. The van der Waals surface area contributed by atoms with Crippen molar-refractivity contribution in [3.05, 3.63) is 60.3 Å². The van der Waals surface area contributed by atoms with Crippen LogP contribution in [0.4, 0.5) is 0 Å². The van der Waals surface area contributed by atoms with Crippen LogP contribution in [0.25, 0.3) is 22.0 Å². The largest absolute Gasteiger partial charge is 0.469 e. The van der Waals surface area contributed by atoms with E-state index in [0.29, 0.717) is 0 Å². The van der Waals surface area contributed by atoms with Crippen molar-refractivity contribution < 1.29 is 9.53 Å². The zero-order valence-corrected chi connectivity index (χ0v) is 12.2. The number of hydrogen-bond acceptors (Lipinski definition) is 2. The molecule has 3 nitrogen and oxygen atoms in total. The van der Waals surface area contributed by atoms with Gasteiger partial charge in [0.25, 0.3) is 0 Å². The monoisotopic (exact) mass is 279 g/mol. The van der Waals surface area contributed by atoms with Crippen LogP contribution in [0.15, 0.2) is 54.6 Å². The van der Waals surface area contributed by atoms with Gasteiger partial charge < -0.3 is 9.30 Å². The van der Waals surface area contributed by atoms with Gasteiger partial charge in [-0.2, -0.15) is 0 Å². The number of aryl methyl sites for hydroxylation is 1. The van der Waals surface area contributed by atoms with Gasteiger partial charge in [0.2, 0.25) is 0 Å². The van der Waals surface area contributed by atoms with Crippen molar-refractivity contribution in [2.75, 3.05) is 7.11 Å². The van der Waals surface area contributed by atoms with Crippen LogP contribution in [0.3, 0.4) is 0 Å². The highest BCUT2D eigenvalue weighted by atomic mass is 16.5. The maximum atomic E-state index is 11.8. The average molecular weight is 279 g/mol. The molecule has 2 aromatic carbocycles. The first kappa shape index (κ1) is 13.4. The Morgan fingerprint density at radius 1 is 1.05 bits per heavy atom. The lowest BCUT2D eigenvalue weighted by molar-refractivity contribution is -0.139. The number of esters is 1. The molecule has 0 radical (unpaired) electrons. The second-order valence-electron chi connectivity index (χ2n) is 5.02. The third kappa shape index (κ3) is 2.31. The van der Waals surface area contributed by atoms with E-state index in [9.17, 15) is 4.79 Å². The van der Waals surface area contributed by atoms with Gasteiger partial charge in [-0.3, -0.25) is 4.79 Å². The Hall–Kier alpha value is -2.55. The van der Waals surface area contributed by atoms with E-state index in [-0.39, 0.29) is 12.4 Å². The summed E-state index contributed by atoms with van der Waals surface area (Å²) in [5.41, 5.74) is 4.33. The number of nitrogens with zero attached hydrogens (tertiary/aromatic N) is 1. The molecule has 0 unspecified atom stereocenters. The van der Waals surface area contributed by atoms with Crippen LogP contribution in [0.2, 0.25) is 0 Å². The van der Waals surface area contributed by atoms with Crippen LogP contribution in [0, 0.1) is 0 Å². The molecular weight excluding hydrogens is 262 g/mol. The van der Waals surface area contributed by atoms with Crippen LogP contribution < -0.4 is 0 Å². The number of ether oxygens (including phenoxy) is 1. The van der Waals surface area contributed by atoms with E-state index in [2.05, 4.69) is 28.8 Å². The Bertz CT molecular complexity index is 788. The first-order chi connectivity index (χ1) is 10.2. The van der Waals surface area contributed by atoms with Crippen molar-refractivity contribution in [3.8, 4) is 11.1 Å². The minimum absolute atomic E-state index is 0.224. The van der Waals surface area contributed by atoms with Gasteiger partial charge >= 0.3 is 5.97 Å². The fourth-order valence-electron chi connectivity index (χ4n) is 2.79. The Kier molecular flexibility index (Phi) is 3.48. The van der Waals surface area contributed by atoms with Crippen LogP contribution in [0.1, 0.15) is 5.69 Å². The Morgan fingerprint density at radius 3 is 2.43 bits per heavy atom. The molecule has 3 heteroatoms. The van der Waals surface area contributed by atoms with Crippen molar-refractivity contribution in [3.63, 3.8) is 0 Å². The summed E-state index contributed by atoms with van der Waals surface area (Å²) in [6.45, 7) is 0. The van der Waals surface area contributed by atoms with Gasteiger partial charge in [-0.05, 0) is 11.6 Å². The number of rotatable bonds is 3. The fourth-order valence-corrected chi connectivity index (χ4v) is 2.79. The summed E-state index contributed by atoms with van der Waals surface area (Å²) >= 11 is 0. The molecule has 0 N–H and O–H groups in total. The lowest BCUT2D eigenvalue weighted by atomic mass is 10.0. The molecule has 0 aliphatic carbocycles. The van der Waals surface area contributed by atoms with E-state index in [1.54, 1.807) is 0 Å². The predicted molar refractivity (Wildman–Crippen MR) is 84.1 cm³/mol. The number of para-hydroxylation sites is 1. The van der Waals surface area contributed by atoms with Gasteiger partial charge in [0.05, 0.1) is 13.5 Å². The van der Waals surface area contributed by atoms with Crippen LogP contribution in [-0.2, 0) is 23.0 Å². The quantitative estimate of drug-likeness (QED) is 0.686. The third-order valence-corrected chi connectivity index (χ3v) is 3.83. The molecule has 0 bridgehead atoms. The molecule has 1 aromatic heterocycles. The molecule has 3 rings (SSSR count). The lowest BCUT2D eigenvalue weighted by Crippen LogP contribution is -2.09. The van der Waals surface area contributed by atoms with E-state index in [1.165, 1.54) is 7.11 Å². The number of fused-ring (bicyclic) bond motifs is 1. The molecule has 0 atom stereocenters. The maximum absolute atomic E-state index is 11.8. The zero-order chi connectivity index (χ0) is 14.8. The standard InChI is InChI=1S/C18H17NO2/c1-19-15-11-7-6-10-14(15)18(13-8-4-3-5-9-13)16(19)12-17(20)21-2/h3-11H,12H2,1-2H3. The summed E-state index contributed by atoms with van der Waals surface area (Å²) in [4.78, 5) is 11.8. The number of benzene rings is 2. The topological polar surface area (TPSA) is 31.2 Å². The van der Waals surface area contributed by atoms with Crippen molar-refractivity contribution in [2.24, 2.45) is 7.05 Å². The molecule has 0 amide bonds. The Labute approximate surface area is 123 Å². The van der Waals surface area contributed by atoms with E-state index in [4.69, 9.17) is 4.74 Å². The number of carbonyl (C=O) groups excluding carboxylic acids is 1. The van der Waals surface area contributed by atoms with Crippen molar-refractivity contribution >= 4 is 16.9 Å². The van der Waals surface area contributed by atoms with Crippen LogP contribution in [-0.4, -0.2) is 17.6 Å². The molecule has 21 heavy (non-hydrogen) atoms. The Morgan fingerprint density at radius 2 is 1.71 bits per heavy atom. The normalized spacial score (nSPS) is 10.8. The molecule has 3 aromatic rings. The molecule has 0 saturated carbocycles. The van der Waals surface area contributed by atoms with E-state index < -0.39 is 0 Å². The molecular formula is C18H17NO2. The lowest BCUT2D eigenvalue weighted by Gasteiger charge is -2.07. The summed E-state index contributed by atoms with van der Waals surface area (Å²) in [6, 6.07) is 18.4. The summed E-state index contributed by atoms with van der Waals surface area (Å²) in [6.07, 6.45) is 0.270. The van der Waals surface area contributed by atoms with Gasteiger partial charge in [0, 0.05) is 29.2 Å². The smallest absolute Gasteiger partial charge is 0.311 e. The molecule has 106 valence electrons. The third-order valence-electron chi connectivity index (χ3n) is 3.83. The molecule has 0 spiro atoms. The summed E-state index contributed by atoms with van der Waals surface area (Å²) < 4.78 is 6.92. The van der Waals surface area contributed by atoms with E-state index in [1.807, 2.05) is 37.4 Å². The van der Waals surface area contributed by atoms with Gasteiger partial charge in [0.1, 0.15) is 0 Å². The highest BCUT2D eigenvalue weighted by Crippen LogP contribution is 2.34. The van der Waals surface area contributed by atoms with Gasteiger partial charge in [-0.15, -0.1) is 0 Å². The summed E-state index contributed by atoms with van der Waals surface area (Å²) in [5.74, 6) is -0.224. The summed E-state index contributed by atoms with van der Waals surface area (Å²) in [7, 11) is 3.42. The molecule has 1 heterocycles. The zero-order valence-electron chi connectivity index (χ0n) is 12.2. The van der Waals surface area contributed by atoms with Crippen molar-refractivity contribution in [1.29, 1.82) is 0 Å². The molecule has 0 aliphatic heterocycles. The highest BCUT2D eigenvalue weighted by molar-refractivity contribution is 5.99. The number of methoxy groups -OCH3 is 1. The van der Waals surface area contributed by atoms with Gasteiger partial charge in [0.15, 0.2) is 0 Å². The number of carbonyl (C=O) groups is 1. The van der Waals surface area contributed by atoms with Crippen molar-refractivity contribution in [2.45, 2.75) is 6.42 Å². The van der Waals surface area contributed by atoms with Gasteiger partial charge in [-0.25, -0.2) is 0 Å². The maximum Gasteiger partial charge on any atom is 0.311 e. The van der Waals surface area contributed by atoms with Crippen molar-refractivity contribution in [1.82, 2.24) is 4.57 Å². The first-order valence-electron chi connectivity index (χ1n) is 6.91. The second kappa shape index (κ2) is 5.44. The average Bonchev–Trinajstić information content (AvgIpc) is 2.81. The first-order valence-corrected chi connectivity index (χ1v) is 6.91. The SMILES string of the molecule is COC(=O)Cc1c(-c2ccccc2)c2ccccc2n1C. The minimum Gasteiger partial charge on any atom is -0.469 e. The van der Waals surface area contributed by atoms with Gasteiger partial charge in [-0.1, -0.05) is 48.5 Å². The molecule has 0 aliphatic rings. The minimum atomic E-state index is -0.224. The van der Waals surface area contributed by atoms with E-state index >= 15 is 0 Å². The number of hydrogen-bond donors (Lipinski definition) is 0. The Balaban J connectivity index is 2.29. The number of aromatic nitrogens is 1. The van der Waals surface area contributed by atoms with Crippen LogP contribution >= 0.6 is 0 Å². The van der Waals surface area contributed by atoms with Crippen LogP contribution in [0.5, 0.6) is 0 Å².